The van der Waals surface area contributed by atoms with Gasteiger partial charge in [-0.15, -0.1) is 0 Å². The van der Waals surface area contributed by atoms with Crippen LogP contribution in [0.4, 0.5) is 0 Å². The lowest BCUT2D eigenvalue weighted by atomic mass is 9.79. The first-order valence-corrected chi connectivity index (χ1v) is 10.6. The molecule has 0 spiro atoms. The average molecular weight is 412 g/mol. The Hall–Kier alpha value is -3.58. The summed E-state index contributed by atoms with van der Waals surface area (Å²) in [6.45, 7) is 0. The third-order valence-corrected chi connectivity index (χ3v) is 6.77. The van der Waals surface area contributed by atoms with E-state index in [1.165, 1.54) is 16.0 Å². The van der Waals surface area contributed by atoms with Crippen molar-refractivity contribution in [2.24, 2.45) is 0 Å². The number of carbonyl (C=O) groups excluding carboxylic acids is 1. The minimum atomic E-state index is -0.213. The van der Waals surface area contributed by atoms with Crippen molar-refractivity contribution < 1.29 is 4.79 Å². The zero-order valence-corrected chi connectivity index (χ0v) is 16.6. The molecule has 5 aromatic rings. The van der Waals surface area contributed by atoms with Crippen LogP contribution in [0.1, 0.15) is 33.8 Å². The van der Waals surface area contributed by atoms with E-state index >= 15 is 0 Å². The summed E-state index contributed by atoms with van der Waals surface area (Å²) in [5.74, 6) is 0.0913. The minimum Gasteiger partial charge on any atom is -0.294 e. The molecule has 0 saturated carbocycles. The number of benzene rings is 2. The molecule has 1 N–H and O–H groups in total. The lowest BCUT2D eigenvalue weighted by Crippen LogP contribution is -2.22. The van der Waals surface area contributed by atoms with Crippen molar-refractivity contribution >= 4 is 38.4 Å². The van der Waals surface area contributed by atoms with Gasteiger partial charge in [-0.2, -0.15) is 4.68 Å². The van der Waals surface area contributed by atoms with E-state index < -0.39 is 0 Å². The number of para-hydroxylation sites is 1. The van der Waals surface area contributed by atoms with E-state index in [1.54, 1.807) is 6.20 Å². The van der Waals surface area contributed by atoms with Crippen molar-refractivity contribution in [3.05, 3.63) is 87.8 Å². The summed E-state index contributed by atoms with van der Waals surface area (Å²) >= 11 is 1.44. The number of pyridine rings is 1. The number of hydrogen-bond donors (Lipinski definition) is 1. The molecule has 0 unspecified atom stereocenters. The molecule has 6 rings (SSSR count). The summed E-state index contributed by atoms with van der Waals surface area (Å²) in [6, 6.07) is 17.8. The fourth-order valence-electron chi connectivity index (χ4n) is 4.29. The van der Waals surface area contributed by atoms with Gasteiger partial charge in [0.15, 0.2) is 11.4 Å². The third-order valence-electron chi connectivity index (χ3n) is 5.75. The van der Waals surface area contributed by atoms with Crippen molar-refractivity contribution in [3.8, 4) is 5.13 Å². The lowest BCUT2D eigenvalue weighted by Gasteiger charge is -2.23. The van der Waals surface area contributed by atoms with Crippen LogP contribution < -0.4 is 5.56 Å². The number of hydrogen-bond acceptors (Lipinski definition) is 5. The first-order chi connectivity index (χ1) is 14.7. The van der Waals surface area contributed by atoms with Gasteiger partial charge >= 0.3 is 0 Å². The quantitative estimate of drug-likeness (QED) is 0.470. The molecule has 0 amide bonds. The highest BCUT2D eigenvalue weighted by Crippen LogP contribution is 2.35. The number of H-pyrrole nitrogens is 1. The topological polar surface area (TPSA) is 80.6 Å². The second kappa shape index (κ2) is 6.47. The van der Waals surface area contributed by atoms with Gasteiger partial charge in [0.25, 0.3) is 5.56 Å². The minimum absolute atomic E-state index is 0.0339. The summed E-state index contributed by atoms with van der Waals surface area (Å²) in [5.41, 5.74) is 3.57. The molecule has 0 saturated heterocycles. The number of carbonyl (C=O) groups is 1. The van der Waals surface area contributed by atoms with Crippen LogP contribution in [0, 0.1) is 0 Å². The number of thiazole rings is 1. The molecule has 30 heavy (non-hydrogen) atoms. The van der Waals surface area contributed by atoms with Gasteiger partial charge in [0.1, 0.15) is 0 Å². The number of fused-ring (bicyclic) bond motifs is 4. The van der Waals surface area contributed by atoms with Gasteiger partial charge in [-0.05, 0) is 35.6 Å². The monoisotopic (exact) mass is 412 g/mol. The van der Waals surface area contributed by atoms with E-state index in [0.717, 1.165) is 21.3 Å². The molecule has 0 fully saturated rings. The molecule has 1 aliphatic rings. The number of nitrogens with one attached hydrogen (secondary N) is 1. The molecule has 0 aliphatic heterocycles. The van der Waals surface area contributed by atoms with E-state index in [4.69, 9.17) is 0 Å². The smallest absolute Gasteiger partial charge is 0.283 e. The van der Waals surface area contributed by atoms with Crippen LogP contribution in [-0.2, 0) is 6.42 Å². The van der Waals surface area contributed by atoms with Crippen molar-refractivity contribution in [1.82, 2.24) is 19.7 Å². The third kappa shape index (κ3) is 2.55. The maximum Gasteiger partial charge on any atom is 0.283 e. The van der Waals surface area contributed by atoms with Gasteiger partial charge in [-0.25, -0.2) is 9.97 Å². The van der Waals surface area contributed by atoms with Gasteiger partial charge in [-0.1, -0.05) is 53.8 Å². The molecule has 7 heteroatoms. The number of rotatable bonds is 2. The number of nitrogens with zero attached hydrogens (tertiary/aromatic N) is 3. The van der Waals surface area contributed by atoms with Crippen LogP contribution in [0.2, 0.25) is 0 Å². The normalized spacial score (nSPS) is 16.3. The number of aromatic amines is 1. The Morgan fingerprint density at radius 1 is 1.00 bits per heavy atom. The van der Waals surface area contributed by atoms with Crippen molar-refractivity contribution in [2.75, 3.05) is 0 Å². The standard InChI is InChI=1S/C23H16N4O2S/c28-18-11-14(13-6-2-1-3-7-13)10-15-16(18)12-24-21-20(15)22(29)27(26-21)23-25-17-8-4-5-9-19(17)30-23/h1-9,12,14H,10-11H2,(H,24,26)/t14-/m0/s1. The zero-order chi connectivity index (χ0) is 20.2. The van der Waals surface area contributed by atoms with Gasteiger partial charge in [0.05, 0.1) is 15.6 Å². The summed E-state index contributed by atoms with van der Waals surface area (Å²) < 4.78 is 2.45. The molecule has 3 aromatic heterocycles. The molecular weight excluding hydrogens is 396 g/mol. The fraction of sp³-hybridized carbons (Fsp3) is 0.130. The van der Waals surface area contributed by atoms with Gasteiger partial charge in [-0.3, -0.25) is 14.7 Å². The molecule has 0 bridgehead atoms. The highest BCUT2D eigenvalue weighted by Gasteiger charge is 2.30. The summed E-state index contributed by atoms with van der Waals surface area (Å²) in [7, 11) is 0. The number of aromatic nitrogens is 4. The highest BCUT2D eigenvalue weighted by atomic mass is 32.1. The van der Waals surface area contributed by atoms with Crippen LogP contribution in [0.25, 0.3) is 26.4 Å². The molecular formula is C23H16N4O2S. The second-order valence-electron chi connectivity index (χ2n) is 7.53. The van der Waals surface area contributed by atoms with Crippen molar-refractivity contribution in [2.45, 2.75) is 18.8 Å². The Kier molecular flexibility index (Phi) is 3.73. The summed E-state index contributed by atoms with van der Waals surface area (Å²) in [4.78, 5) is 35.2. The van der Waals surface area contributed by atoms with Gasteiger partial charge < -0.3 is 0 Å². The van der Waals surface area contributed by atoms with E-state index in [-0.39, 0.29) is 17.3 Å². The summed E-state index contributed by atoms with van der Waals surface area (Å²) in [5, 5.41) is 4.14. The Bertz CT molecular complexity index is 1460. The Labute approximate surface area is 174 Å². The van der Waals surface area contributed by atoms with Crippen LogP contribution in [-0.4, -0.2) is 25.5 Å². The molecule has 0 radical (unpaired) electrons. The maximum absolute atomic E-state index is 13.4. The molecule has 3 heterocycles. The largest absolute Gasteiger partial charge is 0.294 e. The van der Waals surface area contributed by atoms with Crippen LogP contribution in [0.15, 0.2) is 65.6 Å². The molecule has 146 valence electrons. The second-order valence-corrected chi connectivity index (χ2v) is 8.54. The van der Waals surface area contributed by atoms with Crippen LogP contribution in [0.3, 0.4) is 0 Å². The van der Waals surface area contributed by atoms with Crippen molar-refractivity contribution in [1.29, 1.82) is 0 Å². The van der Waals surface area contributed by atoms with Crippen LogP contribution >= 0.6 is 11.3 Å². The number of Topliss-reactive ketones (excluding diaryl/α,β-unsaturated/α-hetero) is 1. The average Bonchev–Trinajstić information content (AvgIpc) is 3.35. The fourth-order valence-corrected chi connectivity index (χ4v) is 5.21. The van der Waals surface area contributed by atoms with E-state index in [1.807, 2.05) is 54.6 Å². The molecule has 2 aromatic carbocycles. The molecule has 1 atom stereocenters. The van der Waals surface area contributed by atoms with Crippen molar-refractivity contribution in [3.63, 3.8) is 0 Å². The van der Waals surface area contributed by atoms with Gasteiger partial charge in [0.2, 0.25) is 5.13 Å². The Morgan fingerprint density at radius 3 is 2.63 bits per heavy atom. The lowest BCUT2D eigenvalue weighted by molar-refractivity contribution is 0.0964. The first kappa shape index (κ1) is 17.3. The van der Waals surface area contributed by atoms with E-state index in [2.05, 4.69) is 15.1 Å². The molecule has 1 aliphatic carbocycles. The maximum atomic E-state index is 13.4. The first-order valence-electron chi connectivity index (χ1n) is 9.76. The number of ketones is 1. The molecule has 6 nitrogen and oxygen atoms in total. The Balaban J connectivity index is 1.53. The van der Waals surface area contributed by atoms with E-state index in [0.29, 0.717) is 34.6 Å². The predicted molar refractivity (Wildman–Crippen MR) is 117 cm³/mol. The van der Waals surface area contributed by atoms with Crippen LogP contribution in [0.5, 0.6) is 0 Å². The Morgan fingerprint density at radius 2 is 1.80 bits per heavy atom. The zero-order valence-electron chi connectivity index (χ0n) is 15.8. The van der Waals surface area contributed by atoms with Gasteiger partial charge in [0, 0.05) is 18.2 Å². The SMILES string of the molecule is O=C1C[C@@H](c2ccccc2)Cc2c1cnc1[nH]n(-c3nc4ccccc4s3)c(=O)c21. The predicted octanol–water partition coefficient (Wildman–Crippen LogP) is 4.24. The summed E-state index contributed by atoms with van der Waals surface area (Å²) in [6.07, 6.45) is 2.66. The highest BCUT2D eigenvalue weighted by molar-refractivity contribution is 7.20. The van der Waals surface area contributed by atoms with E-state index in [9.17, 15) is 9.59 Å².